The number of hydrogen-bond donors (Lipinski definition) is 0. The van der Waals surface area contributed by atoms with Crippen LogP contribution in [0.1, 0.15) is 32.7 Å². The van der Waals surface area contributed by atoms with E-state index in [1.807, 2.05) is 42.5 Å². The summed E-state index contributed by atoms with van der Waals surface area (Å²) < 4.78 is 52.9. The number of rotatable bonds is 5. The first kappa shape index (κ1) is 29.4. The predicted molar refractivity (Wildman–Crippen MR) is 147 cm³/mol. The number of carbonyl (C=O) groups excluding carboxylic acids is 3. The van der Waals surface area contributed by atoms with E-state index in [-0.39, 0.29) is 53.6 Å². The molecule has 0 atom stereocenters. The molecule has 1 aliphatic rings. The summed E-state index contributed by atoms with van der Waals surface area (Å²) in [6.07, 6.45) is -5.49. The highest BCUT2D eigenvalue weighted by Gasteiger charge is 2.42. The van der Waals surface area contributed by atoms with Gasteiger partial charge in [0, 0.05) is 30.5 Å². The molecular weight excluding hydrogens is 572 g/mol. The summed E-state index contributed by atoms with van der Waals surface area (Å²) in [4.78, 5) is 57.1. The molecule has 0 N–H and O–H groups in total. The summed E-state index contributed by atoms with van der Waals surface area (Å²) in [5, 5.41) is 5.60. The lowest BCUT2D eigenvalue weighted by atomic mass is 10.0. The Morgan fingerprint density at radius 2 is 1.67 bits per heavy atom. The van der Waals surface area contributed by atoms with Gasteiger partial charge in [-0.15, -0.1) is 5.10 Å². The second-order valence-corrected chi connectivity index (χ2v) is 10.0. The largest absolute Gasteiger partial charge is 0.493 e. The van der Waals surface area contributed by atoms with Crippen molar-refractivity contribution >= 4 is 34.2 Å². The first-order chi connectivity index (χ1) is 20.3. The number of anilines is 1. The maximum absolute atomic E-state index is 14.9. The van der Waals surface area contributed by atoms with Crippen LogP contribution in [0.4, 0.5) is 23.2 Å². The number of aromatic nitrogens is 2. The van der Waals surface area contributed by atoms with Gasteiger partial charge in [0.2, 0.25) is 5.91 Å². The SMILES string of the molecule is Cc1c(Cc2ccc(F)c(C(=O)N3CCN(c4cccc5ccccc45)C(=O)C3)c2)nn(OC(=O)C(F)(F)F)c(=O)c1C. The number of alkyl halides is 3. The van der Waals surface area contributed by atoms with Crippen LogP contribution in [0.5, 0.6) is 0 Å². The minimum Gasteiger partial charge on any atom is -0.327 e. The number of piperazine rings is 1. The Kier molecular flexibility index (Phi) is 7.74. The standard InChI is InChI=1S/C30H24F4N4O5/c1-17-18(2)27(40)38(43-29(42)30(32,33)34)35-24(17)15-19-10-11-23(31)22(14-19)28(41)36-12-13-37(26(39)16-36)25-9-5-7-20-6-3-4-8-21(20)25/h3-11,14H,12-13,15-16H2,1-2H3. The van der Waals surface area contributed by atoms with Crippen molar-refractivity contribution in [3.8, 4) is 0 Å². The maximum atomic E-state index is 14.9. The Morgan fingerprint density at radius 1 is 0.953 bits per heavy atom. The molecule has 4 aromatic rings. The van der Waals surface area contributed by atoms with Crippen molar-refractivity contribution in [3.05, 3.63) is 105 Å². The average Bonchev–Trinajstić information content (AvgIpc) is 2.98. The molecule has 1 saturated heterocycles. The van der Waals surface area contributed by atoms with Gasteiger partial charge in [0.1, 0.15) is 12.4 Å². The molecule has 1 fully saturated rings. The summed E-state index contributed by atoms with van der Waals surface area (Å²) in [5.74, 6) is -4.50. The Hall–Kier alpha value is -5.07. The zero-order valence-electron chi connectivity index (χ0n) is 22.9. The summed E-state index contributed by atoms with van der Waals surface area (Å²) in [6, 6.07) is 16.9. The highest BCUT2D eigenvalue weighted by molar-refractivity contribution is 6.07. The first-order valence-electron chi connectivity index (χ1n) is 13.1. The molecule has 13 heteroatoms. The summed E-state index contributed by atoms with van der Waals surface area (Å²) in [5.41, 5.74) is 0.0569. The molecule has 2 heterocycles. The molecule has 2 amide bonds. The van der Waals surface area contributed by atoms with Crippen molar-refractivity contribution in [2.75, 3.05) is 24.5 Å². The molecule has 0 aliphatic carbocycles. The summed E-state index contributed by atoms with van der Waals surface area (Å²) in [7, 11) is 0. The van der Waals surface area contributed by atoms with Crippen molar-refractivity contribution < 1.29 is 36.8 Å². The third-order valence-corrected chi connectivity index (χ3v) is 7.30. The lowest BCUT2D eigenvalue weighted by Gasteiger charge is -2.35. The van der Waals surface area contributed by atoms with Crippen LogP contribution in [0.3, 0.4) is 0 Å². The number of nitrogens with zero attached hydrogens (tertiary/aromatic N) is 4. The topological polar surface area (TPSA) is 102 Å². The van der Waals surface area contributed by atoms with E-state index in [0.29, 0.717) is 16.8 Å². The molecule has 1 aromatic heterocycles. The Bertz CT molecular complexity index is 1830. The van der Waals surface area contributed by atoms with Crippen LogP contribution in [-0.2, 0) is 16.0 Å². The van der Waals surface area contributed by atoms with Crippen molar-refractivity contribution in [3.63, 3.8) is 0 Å². The summed E-state index contributed by atoms with van der Waals surface area (Å²) in [6.45, 7) is 2.90. The van der Waals surface area contributed by atoms with Gasteiger partial charge in [0.15, 0.2) is 0 Å². The Morgan fingerprint density at radius 3 is 2.40 bits per heavy atom. The normalized spacial score (nSPS) is 13.9. The van der Waals surface area contributed by atoms with Crippen LogP contribution >= 0.6 is 0 Å². The van der Waals surface area contributed by atoms with Gasteiger partial charge in [-0.2, -0.15) is 13.2 Å². The molecule has 1 aliphatic heterocycles. The van der Waals surface area contributed by atoms with E-state index in [9.17, 15) is 36.7 Å². The fourth-order valence-corrected chi connectivity index (χ4v) is 4.87. The summed E-state index contributed by atoms with van der Waals surface area (Å²) >= 11 is 0. The maximum Gasteiger partial charge on any atom is 0.493 e. The predicted octanol–water partition coefficient (Wildman–Crippen LogP) is 3.75. The first-order valence-corrected chi connectivity index (χ1v) is 13.1. The zero-order valence-corrected chi connectivity index (χ0v) is 22.9. The third-order valence-electron chi connectivity index (χ3n) is 7.30. The molecule has 0 saturated carbocycles. The van der Waals surface area contributed by atoms with Crippen molar-refractivity contribution in [2.45, 2.75) is 26.4 Å². The van der Waals surface area contributed by atoms with Gasteiger partial charge in [0.05, 0.1) is 16.9 Å². The molecule has 0 spiro atoms. The molecule has 0 radical (unpaired) electrons. The van der Waals surface area contributed by atoms with Crippen LogP contribution in [0.25, 0.3) is 10.8 Å². The lowest BCUT2D eigenvalue weighted by molar-refractivity contribution is -0.202. The van der Waals surface area contributed by atoms with Gasteiger partial charge in [0.25, 0.3) is 5.91 Å². The second kappa shape index (κ2) is 11.3. The van der Waals surface area contributed by atoms with E-state index in [0.717, 1.165) is 16.8 Å². The highest BCUT2D eigenvalue weighted by Crippen LogP contribution is 2.28. The molecule has 5 rings (SSSR count). The van der Waals surface area contributed by atoms with Gasteiger partial charge >= 0.3 is 17.7 Å². The monoisotopic (exact) mass is 596 g/mol. The van der Waals surface area contributed by atoms with Crippen molar-refractivity contribution in [1.29, 1.82) is 0 Å². The number of amides is 2. The van der Waals surface area contributed by atoms with E-state index in [4.69, 9.17) is 0 Å². The minimum atomic E-state index is -5.35. The third kappa shape index (κ3) is 5.83. The van der Waals surface area contributed by atoms with Crippen LogP contribution in [0.2, 0.25) is 0 Å². The van der Waals surface area contributed by atoms with Gasteiger partial charge in [-0.3, -0.25) is 14.4 Å². The average molecular weight is 597 g/mol. The molecular formula is C30H24F4N4O5. The van der Waals surface area contributed by atoms with Crippen LogP contribution in [0, 0.1) is 19.7 Å². The Balaban J connectivity index is 1.36. The van der Waals surface area contributed by atoms with Crippen molar-refractivity contribution in [1.82, 2.24) is 14.8 Å². The fourth-order valence-electron chi connectivity index (χ4n) is 4.87. The second-order valence-electron chi connectivity index (χ2n) is 10.0. The van der Waals surface area contributed by atoms with Crippen LogP contribution in [-0.4, -0.2) is 58.4 Å². The zero-order chi connectivity index (χ0) is 31.1. The van der Waals surface area contributed by atoms with Gasteiger partial charge in [-0.25, -0.2) is 9.18 Å². The van der Waals surface area contributed by atoms with E-state index >= 15 is 0 Å². The molecule has 3 aromatic carbocycles. The molecule has 0 unspecified atom stereocenters. The smallest absolute Gasteiger partial charge is 0.327 e. The van der Waals surface area contributed by atoms with Crippen molar-refractivity contribution in [2.24, 2.45) is 0 Å². The number of hydrogen-bond acceptors (Lipinski definition) is 6. The number of benzene rings is 3. The van der Waals surface area contributed by atoms with Gasteiger partial charge < -0.3 is 14.6 Å². The molecule has 222 valence electrons. The van der Waals surface area contributed by atoms with E-state index < -0.39 is 29.4 Å². The van der Waals surface area contributed by atoms with Crippen LogP contribution < -0.4 is 15.3 Å². The van der Waals surface area contributed by atoms with Gasteiger partial charge in [-0.05, 0) is 53.4 Å². The van der Waals surface area contributed by atoms with E-state index in [1.54, 1.807) is 4.90 Å². The number of fused-ring (bicyclic) bond motifs is 1. The lowest BCUT2D eigenvalue weighted by Crippen LogP contribution is -2.52. The number of carbonyl (C=O) groups is 3. The number of halogens is 4. The molecule has 0 bridgehead atoms. The minimum absolute atomic E-state index is 0.0130. The highest BCUT2D eigenvalue weighted by atomic mass is 19.4. The Labute approximate surface area is 241 Å². The molecule has 43 heavy (non-hydrogen) atoms. The fraction of sp³-hybridized carbons (Fsp3) is 0.233. The van der Waals surface area contributed by atoms with Crippen LogP contribution in [0.15, 0.2) is 65.5 Å². The van der Waals surface area contributed by atoms with E-state index in [1.165, 1.54) is 30.9 Å². The van der Waals surface area contributed by atoms with E-state index in [2.05, 4.69) is 9.94 Å². The van der Waals surface area contributed by atoms with Gasteiger partial charge in [-0.1, -0.05) is 42.5 Å². The quantitative estimate of drug-likeness (QED) is 0.326. The molecule has 9 nitrogen and oxygen atoms in total.